The predicted molar refractivity (Wildman–Crippen MR) is 107 cm³/mol. The molecule has 0 atom stereocenters. The molecule has 0 radical (unpaired) electrons. The number of aryl methyl sites for hydroxylation is 2. The SMILES string of the molecule is Cc1cc(-c2ccccc2)nc2c(-c3nc4c5cnn(C)c5ncn4n3)cnn12. The van der Waals surface area contributed by atoms with Crippen molar-refractivity contribution >= 4 is 22.3 Å². The predicted octanol–water partition coefficient (Wildman–Crippen LogP) is 2.70. The molecule has 6 aromatic rings. The Morgan fingerprint density at radius 3 is 2.62 bits per heavy atom. The normalized spacial score (nSPS) is 11.8. The fourth-order valence-electron chi connectivity index (χ4n) is 3.58. The van der Waals surface area contributed by atoms with Crippen LogP contribution < -0.4 is 0 Å². The number of hydrogen-bond acceptors (Lipinski definition) is 6. The third kappa shape index (κ3) is 2.27. The summed E-state index contributed by atoms with van der Waals surface area (Å²) in [7, 11) is 1.85. The fraction of sp³-hybridized carbons (Fsp3) is 0.100. The standard InChI is InChI=1S/C20H15N9/c1-12-8-16(13-6-4-3-5-7-13)24-20-14(9-23-29(12)20)17-25-19-15-10-22-27(2)18(15)21-11-28(19)26-17/h3-11H,1-2H3. The van der Waals surface area contributed by atoms with Gasteiger partial charge in [0, 0.05) is 18.3 Å². The van der Waals surface area contributed by atoms with E-state index in [1.165, 1.54) is 0 Å². The molecular formula is C20H15N9. The van der Waals surface area contributed by atoms with Gasteiger partial charge in [-0.05, 0) is 13.0 Å². The largest absolute Gasteiger partial charge is 0.250 e. The highest BCUT2D eigenvalue weighted by atomic mass is 15.3. The average molecular weight is 381 g/mol. The quantitative estimate of drug-likeness (QED) is 0.458. The van der Waals surface area contributed by atoms with Gasteiger partial charge in [-0.25, -0.2) is 24.0 Å². The van der Waals surface area contributed by atoms with Crippen LogP contribution in [0.2, 0.25) is 0 Å². The van der Waals surface area contributed by atoms with Crippen LogP contribution in [0.3, 0.4) is 0 Å². The maximum atomic E-state index is 4.86. The summed E-state index contributed by atoms with van der Waals surface area (Å²) in [6, 6.07) is 12.1. The van der Waals surface area contributed by atoms with E-state index in [0.717, 1.165) is 39.2 Å². The number of hydrogen-bond donors (Lipinski definition) is 0. The van der Waals surface area contributed by atoms with Crippen LogP contribution in [0.15, 0.2) is 55.1 Å². The molecule has 0 bridgehead atoms. The van der Waals surface area contributed by atoms with Crippen LogP contribution in [-0.4, -0.2) is 44.0 Å². The van der Waals surface area contributed by atoms with Crippen LogP contribution in [-0.2, 0) is 7.05 Å². The Morgan fingerprint density at radius 2 is 1.76 bits per heavy atom. The van der Waals surface area contributed by atoms with Gasteiger partial charge in [-0.2, -0.15) is 10.2 Å². The number of benzene rings is 1. The van der Waals surface area contributed by atoms with Gasteiger partial charge in [0.15, 0.2) is 22.8 Å². The molecule has 29 heavy (non-hydrogen) atoms. The topological polar surface area (TPSA) is 91.1 Å². The molecule has 0 unspecified atom stereocenters. The molecule has 0 spiro atoms. The number of nitrogens with zero attached hydrogens (tertiary/aromatic N) is 9. The Kier molecular flexibility index (Phi) is 3.11. The molecule has 5 aromatic heterocycles. The first-order chi connectivity index (χ1) is 14.2. The Balaban J connectivity index is 1.59. The minimum absolute atomic E-state index is 0.551. The van der Waals surface area contributed by atoms with Gasteiger partial charge in [-0.15, -0.1) is 5.10 Å². The minimum atomic E-state index is 0.551. The Morgan fingerprint density at radius 1 is 0.897 bits per heavy atom. The summed E-state index contributed by atoms with van der Waals surface area (Å²) in [6.45, 7) is 2.01. The summed E-state index contributed by atoms with van der Waals surface area (Å²) in [5, 5.41) is 14.2. The van der Waals surface area contributed by atoms with Gasteiger partial charge < -0.3 is 0 Å². The second-order valence-corrected chi connectivity index (χ2v) is 6.90. The van der Waals surface area contributed by atoms with Crippen molar-refractivity contribution in [3.63, 3.8) is 0 Å². The van der Waals surface area contributed by atoms with E-state index < -0.39 is 0 Å². The highest BCUT2D eigenvalue weighted by molar-refractivity contribution is 5.89. The van der Waals surface area contributed by atoms with Gasteiger partial charge in [-0.1, -0.05) is 30.3 Å². The molecular weight excluding hydrogens is 366 g/mol. The third-order valence-electron chi connectivity index (χ3n) is 5.03. The lowest BCUT2D eigenvalue weighted by atomic mass is 10.1. The van der Waals surface area contributed by atoms with E-state index >= 15 is 0 Å². The first-order valence-corrected chi connectivity index (χ1v) is 9.13. The van der Waals surface area contributed by atoms with E-state index in [1.54, 1.807) is 27.9 Å². The van der Waals surface area contributed by atoms with Crippen molar-refractivity contribution in [2.45, 2.75) is 6.92 Å². The molecule has 0 N–H and O–H groups in total. The first kappa shape index (κ1) is 15.9. The molecule has 0 aliphatic heterocycles. The van der Waals surface area contributed by atoms with Crippen molar-refractivity contribution in [1.29, 1.82) is 0 Å². The zero-order valence-corrected chi connectivity index (χ0v) is 15.7. The molecule has 9 heteroatoms. The fourth-order valence-corrected chi connectivity index (χ4v) is 3.58. The first-order valence-electron chi connectivity index (χ1n) is 9.13. The summed E-state index contributed by atoms with van der Waals surface area (Å²) in [4.78, 5) is 14.0. The van der Waals surface area contributed by atoms with E-state index in [-0.39, 0.29) is 0 Å². The van der Waals surface area contributed by atoms with Crippen molar-refractivity contribution in [3.8, 4) is 22.6 Å². The lowest BCUT2D eigenvalue weighted by molar-refractivity contribution is 0.783. The van der Waals surface area contributed by atoms with Crippen LogP contribution >= 0.6 is 0 Å². The second kappa shape index (κ2) is 5.68. The molecule has 0 saturated heterocycles. The van der Waals surface area contributed by atoms with Crippen molar-refractivity contribution in [2.24, 2.45) is 7.05 Å². The zero-order valence-electron chi connectivity index (χ0n) is 15.7. The average Bonchev–Trinajstić information content (AvgIpc) is 3.44. The summed E-state index contributed by atoms with van der Waals surface area (Å²) in [5.74, 6) is 0.551. The zero-order chi connectivity index (χ0) is 19.5. The van der Waals surface area contributed by atoms with E-state index in [0.29, 0.717) is 11.5 Å². The van der Waals surface area contributed by atoms with Crippen LogP contribution in [0, 0.1) is 6.92 Å². The Labute approximate surface area is 164 Å². The molecule has 0 amide bonds. The number of rotatable bonds is 2. The molecule has 5 heterocycles. The van der Waals surface area contributed by atoms with Gasteiger partial charge in [0.1, 0.15) is 6.33 Å². The molecule has 1 aromatic carbocycles. The molecule has 0 aliphatic rings. The summed E-state index contributed by atoms with van der Waals surface area (Å²) in [6.07, 6.45) is 5.16. The molecule has 6 rings (SSSR count). The number of aromatic nitrogens is 9. The van der Waals surface area contributed by atoms with Crippen LogP contribution in [0.4, 0.5) is 0 Å². The van der Waals surface area contributed by atoms with E-state index in [9.17, 15) is 0 Å². The Bertz CT molecular complexity index is 1520. The van der Waals surface area contributed by atoms with Crippen molar-refractivity contribution in [2.75, 3.05) is 0 Å². The number of fused-ring (bicyclic) bond motifs is 4. The summed E-state index contributed by atoms with van der Waals surface area (Å²) in [5.41, 5.74) is 5.87. The highest BCUT2D eigenvalue weighted by Gasteiger charge is 2.18. The van der Waals surface area contributed by atoms with Crippen LogP contribution in [0.5, 0.6) is 0 Å². The van der Waals surface area contributed by atoms with E-state index in [4.69, 9.17) is 9.97 Å². The molecule has 140 valence electrons. The lowest BCUT2D eigenvalue weighted by Gasteiger charge is -2.05. The molecule has 0 saturated carbocycles. The van der Waals surface area contributed by atoms with Gasteiger partial charge in [-0.3, -0.25) is 4.68 Å². The molecule has 0 aliphatic carbocycles. The van der Waals surface area contributed by atoms with Crippen molar-refractivity contribution < 1.29 is 0 Å². The van der Waals surface area contributed by atoms with E-state index in [1.807, 2.05) is 54.9 Å². The van der Waals surface area contributed by atoms with Gasteiger partial charge >= 0.3 is 0 Å². The Hall–Kier alpha value is -4.14. The van der Waals surface area contributed by atoms with Crippen LogP contribution in [0.1, 0.15) is 5.69 Å². The minimum Gasteiger partial charge on any atom is -0.250 e. The second-order valence-electron chi connectivity index (χ2n) is 6.90. The monoisotopic (exact) mass is 381 g/mol. The third-order valence-corrected chi connectivity index (χ3v) is 5.03. The lowest BCUT2D eigenvalue weighted by Crippen LogP contribution is -1.98. The maximum absolute atomic E-state index is 4.86. The van der Waals surface area contributed by atoms with Gasteiger partial charge in [0.05, 0.1) is 29.0 Å². The maximum Gasteiger partial charge on any atom is 0.187 e. The van der Waals surface area contributed by atoms with Crippen molar-refractivity contribution in [3.05, 3.63) is 60.8 Å². The summed E-state index contributed by atoms with van der Waals surface area (Å²) >= 11 is 0. The van der Waals surface area contributed by atoms with E-state index in [2.05, 4.69) is 20.3 Å². The molecule has 0 fully saturated rings. The van der Waals surface area contributed by atoms with Gasteiger partial charge in [0.25, 0.3) is 0 Å². The van der Waals surface area contributed by atoms with Crippen LogP contribution in [0.25, 0.3) is 45.0 Å². The highest BCUT2D eigenvalue weighted by Crippen LogP contribution is 2.26. The summed E-state index contributed by atoms with van der Waals surface area (Å²) < 4.78 is 5.19. The smallest absolute Gasteiger partial charge is 0.187 e. The van der Waals surface area contributed by atoms with Gasteiger partial charge in [0.2, 0.25) is 0 Å². The molecule has 9 nitrogen and oxygen atoms in total. The van der Waals surface area contributed by atoms with Crippen molar-refractivity contribution in [1.82, 2.24) is 44.0 Å².